The number of hydrogen-bond donors (Lipinski definition) is 0. The first-order chi connectivity index (χ1) is 5.75. The maximum absolute atomic E-state index is 5.21. The third-order valence-electron chi connectivity index (χ3n) is 1.71. The molecule has 1 heteroatoms. The van der Waals surface area contributed by atoms with Gasteiger partial charge in [0, 0.05) is 4.90 Å². The molecule has 1 aromatic carbocycles. The summed E-state index contributed by atoms with van der Waals surface area (Å²) in [5.41, 5.74) is 2.63. The van der Waals surface area contributed by atoms with Crippen molar-refractivity contribution in [1.29, 1.82) is 0 Å². The average Bonchev–Trinajstić information content (AvgIpc) is 2.04. The molecule has 62 valence electrons. The summed E-state index contributed by atoms with van der Waals surface area (Å²) < 4.78 is 0. The van der Waals surface area contributed by atoms with E-state index in [4.69, 9.17) is 6.42 Å². The standard InChI is InChI=1S/C11H12S/c1-4-8-12-11-9(2)6-5-7-10(11)3/h1,5-7H,8H2,2-3H3. The Hall–Kier alpha value is -0.870. The zero-order valence-corrected chi connectivity index (χ0v) is 8.24. The van der Waals surface area contributed by atoms with Crippen LogP contribution in [0.4, 0.5) is 0 Å². The lowest BCUT2D eigenvalue weighted by atomic mass is 10.2. The predicted molar refractivity (Wildman–Crippen MR) is 55.5 cm³/mol. The van der Waals surface area contributed by atoms with Crippen LogP contribution in [0, 0.1) is 26.2 Å². The molecule has 1 aromatic rings. The van der Waals surface area contributed by atoms with Gasteiger partial charge >= 0.3 is 0 Å². The van der Waals surface area contributed by atoms with E-state index in [1.807, 2.05) is 0 Å². The molecule has 0 radical (unpaired) electrons. The molecule has 0 N–H and O–H groups in total. The largest absolute Gasteiger partial charge is 0.119 e. The smallest absolute Gasteiger partial charge is 0.0592 e. The van der Waals surface area contributed by atoms with Gasteiger partial charge in [0.25, 0.3) is 0 Å². The SMILES string of the molecule is C#CCSc1c(C)cccc1C. The fraction of sp³-hybridized carbons (Fsp3) is 0.273. The zero-order chi connectivity index (χ0) is 8.97. The molecule has 0 unspecified atom stereocenters. The summed E-state index contributed by atoms with van der Waals surface area (Å²) in [5, 5.41) is 0. The Kier molecular flexibility index (Phi) is 3.25. The molecule has 1 rings (SSSR count). The van der Waals surface area contributed by atoms with Crippen LogP contribution in [0.15, 0.2) is 23.1 Å². The maximum Gasteiger partial charge on any atom is 0.0592 e. The van der Waals surface area contributed by atoms with E-state index in [0.717, 1.165) is 5.75 Å². The predicted octanol–water partition coefficient (Wildman–Crippen LogP) is 3.03. The number of thioether (sulfide) groups is 1. The molecule has 0 saturated heterocycles. The van der Waals surface area contributed by atoms with Crippen LogP contribution in [-0.2, 0) is 0 Å². The third kappa shape index (κ3) is 2.06. The van der Waals surface area contributed by atoms with E-state index in [9.17, 15) is 0 Å². The van der Waals surface area contributed by atoms with Gasteiger partial charge in [-0.1, -0.05) is 24.1 Å². The number of terminal acetylenes is 1. The summed E-state index contributed by atoms with van der Waals surface area (Å²) in [6.07, 6.45) is 5.21. The van der Waals surface area contributed by atoms with Crippen molar-refractivity contribution in [2.45, 2.75) is 18.7 Å². The summed E-state index contributed by atoms with van der Waals surface area (Å²) in [7, 11) is 0. The minimum atomic E-state index is 0.756. The topological polar surface area (TPSA) is 0 Å². The van der Waals surface area contributed by atoms with Crippen LogP contribution >= 0.6 is 11.8 Å². The Balaban J connectivity index is 2.90. The Morgan fingerprint density at radius 2 is 1.92 bits per heavy atom. The highest BCUT2D eigenvalue weighted by atomic mass is 32.2. The quantitative estimate of drug-likeness (QED) is 0.493. The van der Waals surface area contributed by atoms with Gasteiger partial charge < -0.3 is 0 Å². The first kappa shape index (κ1) is 9.22. The minimum absolute atomic E-state index is 0.756. The van der Waals surface area contributed by atoms with Gasteiger partial charge in [0.1, 0.15) is 0 Å². The van der Waals surface area contributed by atoms with Gasteiger partial charge in [-0.3, -0.25) is 0 Å². The van der Waals surface area contributed by atoms with Crippen LogP contribution in [0.2, 0.25) is 0 Å². The van der Waals surface area contributed by atoms with E-state index >= 15 is 0 Å². The Morgan fingerprint density at radius 1 is 1.33 bits per heavy atom. The normalized spacial score (nSPS) is 9.42. The minimum Gasteiger partial charge on any atom is -0.119 e. The number of hydrogen-bond acceptors (Lipinski definition) is 1. The molecule has 0 spiro atoms. The Bertz CT molecular complexity index is 287. The molecular weight excluding hydrogens is 164 g/mol. The Morgan fingerprint density at radius 3 is 2.42 bits per heavy atom. The van der Waals surface area contributed by atoms with Crippen molar-refractivity contribution in [3.8, 4) is 12.3 Å². The van der Waals surface area contributed by atoms with Crippen LogP contribution in [0.25, 0.3) is 0 Å². The summed E-state index contributed by atoms with van der Waals surface area (Å²) >= 11 is 1.74. The molecule has 0 atom stereocenters. The highest BCUT2D eigenvalue weighted by Gasteiger charge is 2.00. The summed E-state index contributed by atoms with van der Waals surface area (Å²) in [6, 6.07) is 6.31. The van der Waals surface area contributed by atoms with Crippen molar-refractivity contribution in [2.75, 3.05) is 5.75 Å². The first-order valence-corrected chi connectivity index (χ1v) is 4.86. The van der Waals surface area contributed by atoms with Gasteiger partial charge in [-0.15, -0.1) is 18.2 Å². The molecule has 0 nitrogen and oxygen atoms in total. The van der Waals surface area contributed by atoms with Crippen molar-refractivity contribution in [1.82, 2.24) is 0 Å². The molecule has 0 heterocycles. The zero-order valence-electron chi connectivity index (χ0n) is 7.42. The average molecular weight is 176 g/mol. The second-order valence-corrected chi connectivity index (χ2v) is 3.70. The van der Waals surface area contributed by atoms with E-state index < -0.39 is 0 Å². The van der Waals surface area contributed by atoms with Gasteiger partial charge in [0.05, 0.1) is 5.75 Å². The van der Waals surface area contributed by atoms with Crippen molar-refractivity contribution in [3.63, 3.8) is 0 Å². The van der Waals surface area contributed by atoms with Crippen LogP contribution in [0.3, 0.4) is 0 Å². The number of rotatable bonds is 2. The molecule has 12 heavy (non-hydrogen) atoms. The lowest BCUT2D eigenvalue weighted by molar-refractivity contribution is 1.22. The van der Waals surface area contributed by atoms with Gasteiger partial charge in [-0.2, -0.15) is 0 Å². The second-order valence-electron chi connectivity index (χ2n) is 2.71. The lowest BCUT2D eigenvalue weighted by Gasteiger charge is -2.06. The van der Waals surface area contributed by atoms with E-state index in [2.05, 4.69) is 38.0 Å². The van der Waals surface area contributed by atoms with Gasteiger partial charge in [-0.25, -0.2) is 0 Å². The van der Waals surface area contributed by atoms with E-state index in [0.29, 0.717) is 0 Å². The summed E-state index contributed by atoms with van der Waals surface area (Å²) in [6.45, 7) is 4.23. The van der Waals surface area contributed by atoms with Crippen molar-refractivity contribution >= 4 is 11.8 Å². The Labute approximate surface area is 78.4 Å². The molecule has 0 amide bonds. The molecule has 0 aliphatic carbocycles. The number of benzene rings is 1. The molecule has 0 aromatic heterocycles. The number of aryl methyl sites for hydroxylation is 2. The van der Waals surface area contributed by atoms with Crippen molar-refractivity contribution in [2.24, 2.45) is 0 Å². The van der Waals surface area contributed by atoms with E-state index in [-0.39, 0.29) is 0 Å². The van der Waals surface area contributed by atoms with Gasteiger partial charge in [0.2, 0.25) is 0 Å². The molecule has 0 fully saturated rings. The molecule has 0 saturated carbocycles. The highest BCUT2D eigenvalue weighted by Crippen LogP contribution is 2.25. The van der Waals surface area contributed by atoms with Crippen molar-refractivity contribution < 1.29 is 0 Å². The van der Waals surface area contributed by atoms with Crippen LogP contribution in [0.1, 0.15) is 11.1 Å². The fourth-order valence-corrected chi connectivity index (χ4v) is 1.96. The molecule has 0 aliphatic rings. The summed E-state index contributed by atoms with van der Waals surface area (Å²) in [4.78, 5) is 1.33. The van der Waals surface area contributed by atoms with Crippen LogP contribution < -0.4 is 0 Å². The van der Waals surface area contributed by atoms with Crippen molar-refractivity contribution in [3.05, 3.63) is 29.3 Å². The molecule has 0 aliphatic heterocycles. The van der Waals surface area contributed by atoms with Crippen LogP contribution in [0.5, 0.6) is 0 Å². The fourth-order valence-electron chi connectivity index (χ4n) is 1.14. The molecular formula is C11H12S. The van der Waals surface area contributed by atoms with Gasteiger partial charge in [0.15, 0.2) is 0 Å². The van der Waals surface area contributed by atoms with E-state index in [1.54, 1.807) is 11.8 Å². The monoisotopic (exact) mass is 176 g/mol. The third-order valence-corrected chi connectivity index (χ3v) is 2.95. The maximum atomic E-state index is 5.21. The van der Waals surface area contributed by atoms with Crippen LogP contribution in [-0.4, -0.2) is 5.75 Å². The first-order valence-electron chi connectivity index (χ1n) is 3.88. The highest BCUT2D eigenvalue weighted by molar-refractivity contribution is 7.99. The lowest BCUT2D eigenvalue weighted by Crippen LogP contribution is -1.84. The second kappa shape index (κ2) is 4.23. The molecule has 0 bridgehead atoms. The summed E-state index contributed by atoms with van der Waals surface area (Å²) in [5.74, 6) is 3.39. The van der Waals surface area contributed by atoms with E-state index in [1.165, 1.54) is 16.0 Å². The van der Waals surface area contributed by atoms with Gasteiger partial charge in [-0.05, 0) is 25.0 Å².